The number of nitrogens with zero attached hydrogens (tertiary/aromatic N) is 1. The van der Waals surface area contributed by atoms with E-state index in [1.165, 1.54) is 18.5 Å². The topological polar surface area (TPSA) is 12.5 Å². The van der Waals surface area contributed by atoms with Gasteiger partial charge in [0.15, 0.2) is 0 Å². The van der Waals surface area contributed by atoms with Gasteiger partial charge in [0.05, 0.1) is 12.6 Å². The van der Waals surface area contributed by atoms with Crippen molar-refractivity contribution in [1.29, 1.82) is 0 Å². The van der Waals surface area contributed by atoms with Crippen LogP contribution in [-0.2, 0) is 4.74 Å². The van der Waals surface area contributed by atoms with Crippen molar-refractivity contribution in [3.63, 3.8) is 0 Å². The lowest BCUT2D eigenvalue weighted by Gasteiger charge is -2.26. The van der Waals surface area contributed by atoms with Gasteiger partial charge in [-0.15, -0.1) is 0 Å². The quantitative estimate of drug-likeness (QED) is 0.723. The first-order valence-corrected chi connectivity index (χ1v) is 5.13. The van der Waals surface area contributed by atoms with Crippen LogP contribution in [0, 0.1) is 6.07 Å². The van der Waals surface area contributed by atoms with Crippen LogP contribution in [-0.4, -0.2) is 26.3 Å². The van der Waals surface area contributed by atoms with Crippen molar-refractivity contribution >= 4 is 5.69 Å². The third-order valence-corrected chi connectivity index (χ3v) is 2.77. The van der Waals surface area contributed by atoms with Gasteiger partial charge in [-0.1, -0.05) is 12.1 Å². The molecule has 0 aromatic heterocycles. The van der Waals surface area contributed by atoms with Crippen molar-refractivity contribution < 1.29 is 4.74 Å². The predicted molar refractivity (Wildman–Crippen MR) is 57.5 cm³/mol. The molecular formula is C12H16NO. The van der Waals surface area contributed by atoms with Gasteiger partial charge in [0.25, 0.3) is 0 Å². The van der Waals surface area contributed by atoms with E-state index < -0.39 is 0 Å². The van der Waals surface area contributed by atoms with Crippen LogP contribution in [0.5, 0.6) is 0 Å². The largest absolute Gasteiger partial charge is 0.383 e. The molecule has 1 atom stereocenters. The minimum atomic E-state index is 0.558. The lowest BCUT2D eigenvalue weighted by Crippen LogP contribution is -2.32. The fourth-order valence-corrected chi connectivity index (χ4v) is 2.11. The Morgan fingerprint density at radius 3 is 3.00 bits per heavy atom. The van der Waals surface area contributed by atoms with Crippen LogP contribution in [0.4, 0.5) is 5.69 Å². The molecule has 0 amide bonds. The van der Waals surface area contributed by atoms with Crippen molar-refractivity contribution in [2.75, 3.05) is 25.2 Å². The molecule has 0 N–H and O–H groups in total. The number of hydrogen-bond acceptors (Lipinski definition) is 2. The first-order chi connectivity index (χ1) is 6.92. The summed E-state index contributed by atoms with van der Waals surface area (Å²) in [5.74, 6) is 0. The van der Waals surface area contributed by atoms with Gasteiger partial charge in [-0.25, -0.2) is 0 Å². The molecule has 1 aromatic rings. The zero-order chi connectivity index (χ0) is 9.80. The second-order valence-corrected chi connectivity index (χ2v) is 3.70. The Labute approximate surface area is 85.5 Å². The molecule has 1 heterocycles. The molecule has 1 saturated heterocycles. The Bertz CT molecular complexity index is 273. The lowest BCUT2D eigenvalue weighted by molar-refractivity contribution is 0.181. The lowest BCUT2D eigenvalue weighted by atomic mass is 10.2. The number of anilines is 1. The third-order valence-electron chi connectivity index (χ3n) is 2.77. The van der Waals surface area contributed by atoms with Crippen LogP contribution in [0.1, 0.15) is 12.8 Å². The zero-order valence-electron chi connectivity index (χ0n) is 8.57. The van der Waals surface area contributed by atoms with Crippen molar-refractivity contribution in [3.8, 4) is 0 Å². The third kappa shape index (κ3) is 1.90. The molecule has 1 aliphatic heterocycles. The van der Waals surface area contributed by atoms with Crippen molar-refractivity contribution in [2.45, 2.75) is 18.9 Å². The average Bonchev–Trinajstić information content (AvgIpc) is 2.68. The number of rotatable bonds is 3. The predicted octanol–water partition coefficient (Wildman–Crippen LogP) is 2.10. The summed E-state index contributed by atoms with van der Waals surface area (Å²) < 4.78 is 5.23. The summed E-state index contributed by atoms with van der Waals surface area (Å²) in [5.41, 5.74) is 1.29. The molecule has 2 heteroatoms. The molecule has 14 heavy (non-hydrogen) atoms. The average molecular weight is 190 g/mol. The second-order valence-electron chi connectivity index (χ2n) is 3.70. The highest BCUT2D eigenvalue weighted by Gasteiger charge is 2.23. The second kappa shape index (κ2) is 4.47. The van der Waals surface area contributed by atoms with Gasteiger partial charge in [-0.05, 0) is 31.0 Å². The Morgan fingerprint density at radius 2 is 2.29 bits per heavy atom. The molecule has 1 aliphatic rings. The van der Waals surface area contributed by atoms with Crippen molar-refractivity contribution in [3.05, 3.63) is 30.3 Å². The first kappa shape index (κ1) is 9.53. The highest BCUT2D eigenvalue weighted by atomic mass is 16.5. The fraction of sp³-hybridized carbons (Fsp3) is 0.500. The fourth-order valence-electron chi connectivity index (χ4n) is 2.11. The van der Waals surface area contributed by atoms with E-state index in [1.807, 2.05) is 12.1 Å². The Morgan fingerprint density at radius 1 is 1.50 bits per heavy atom. The minimum absolute atomic E-state index is 0.558. The summed E-state index contributed by atoms with van der Waals surface area (Å²) >= 11 is 0. The Balaban J connectivity index is 2.10. The van der Waals surface area contributed by atoms with Crippen LogP contribution in [0.3, 0.4) is 0 Å². The summed E-state index contributed by atoms with van der Waals surface area (Å²) in [6, 6.07) is 11.8. The summed E-state index contributed by atoms with van der Waals surface area (Å²) in [7, 11) is 1.77. The zero-order valence-corrected chi connectivity index (χ0v) is 8.57. The number of ether oxygens (including phenoxy) is 1. The summed E-state index contributed by atoms with van der Waals surface area (Å²) in [4.78, 5) is 2.43. The van der Waals surface area contributed by atoms with E-state index in [1.54, 1.807) is 7.11 Å². The van der Waals surface area contributed by atoms with Crippen LogP contribution >= 0.6 is 0 Å². The highest BCUT2D eigenvalue weighted by molar-refractivity contribution is 5.47. The van der Waals surface area contributed by atoms with E-state index in [4.69, 9.17) is 4.74 Å². The first-order valence-electron chi connectivity index (χ1n) is 5.13. The summed E-state index contributed by atoms with van der Waals surface area (Å²) in [6.45, 7) is 1.98. The van der Waals surface area contributed by atoms with E-state index in [0.717, 1.165) is 13.2 Å². The van der Waals surface area contributed by atoms with Gasteiger partial charge in [-0.3, -0.25) is 0 Å². The van der Waals surface area contributed by atoms with Gasteiger partial charge < -0.3 is 9.64 Å². The molecule has 0 aliphatic carbocycles. The standard InChI is InChI=1S/C12H16NO/c1-14-10-12-8-5-9-13(12)11-6-3-2-4-7-11/h3-4,6-7,12H,5,8-10H2,1H3/t12-/m1/s1. The van der Waals surface area contributed by atoms with E-state index in [-0.39, 0.29) is 0 Å². The molecule has 1 fully saturated rings. The maximum atomic E-state index is 5.23. The van der Waals surface area contributed by atoms with E-state index in [0.29, 0.717) is 6.04 Å². The smallest absolute Gasteiger partial charge is 0.0666 e. The van der Waals surface area contributed by atoms with Crippen LogP contribution in [0.2, 0.25) is 0 Å². The van der Waals surface area contributed by atoms with E-state index in [9.17, 15) is 0 Å². The molecular weight excluding hydrogens is 174 g/mol. The summed E-state index contributed by atoms with van der Waals surface area (Å²) in [6.07, 6.45) is 2.51. The Hall–Kier alpha value is -1.02. The summed E-state index contributed by atoms with van der Waals surface area (Å²) in [5, 5.41) is 0. The molecule has 0 saturated carbocycles. The Kier molecular flexibility index (Phi) is 3.04. The maximum absolute atomic E-state index is 5.23. The van der Waals surface area contributed by atoms with Crippen LogP contribution < -0.4 is 4.90 Å². The van der Waals surface area contributed by atoms with Gasteiger partial charge >= 0.3 is 0 Å². The molecule has 75 valence electrons. The van der Waals surface area contributed by atoms with E-state index in [2.05, 4.69) is 23.1 Å². The normalized spacial score (nSPS) is 21.5. The van der Waals surface area contributed by atoms with Crippen LogP contribution in [0.15, 0.2) is 24.3 Å². The van der Waals surface area contributed by atoms with Gasteiger partial charge in [0.2, 0.25) is 0 Å². The SMILES string of the molecule is COC[C@H]1CCCN1c1cc[c]cc1. The molecule has 1 aromatic carbocycles. The number of benzene rings is 1. The number of hydrogen-bond donors (Lipinski definition) is 0. The monoisotopic (exact) mass is 190 g/mol. The minimum Gasteiger partial charge on any atom is -0.383 e. The van der Waals surface area contributed by atoms with Gasteiger partial charge in [0, 0.05) is 19.3 Å². The number of methoxy groups -OCH3 is 1. The van der Waals surface area contributed by atoms with E-state index >= 15 is 0 Å². The maximum Gasteiger partial charge on any atom is 0.0666 e. The van der Waals surface area contributed by atoms with Crippen molar-refractivity contribution in [1.82, 2.24) is 0 Å². The molecule has 0 spiro atoms. The molecule has 2 rings (SSSR count). The van der Waals surface area contributed by atoms with Gasteiger partial charge in [-0.2, -0.15) is 0 Å². The molecule has 0 unspecified atom stereocenters. The molecule has 2 nitrogen and oxygen atoms in total. The van der Waals surface area contributed by atoms with Crippen LogP contribution in [0.25, 0.3) is 0 Å². The van der Waals surface area contributed by atoms with Gasteiger partial charge in [0.1, 0.15) is 0 Å². The molecule has 1 radical (unpaired) electrons. The molecule has 0 bridgehead atoms. The van der Waals surface area contributed by atoms with Crippen molar-refractivity contribution in [2.24, 2.45) is 0 Å². The highest BCUT2D eigenvalue weighted by Crippen LogP contribution is 2.24.